The van der Waals surface area contributed by atoms with E-state index in [0.717, 1.165) is 51.4 Å². The number of hydrogen-bond acceptors (Lipinski definition) is 6. The van der Waals surface area contributed by atoms with Crippen LogP contribution in [-0.4, -0.2) is 68.5 Å². The summed E-state index contributed by atoms with van der Waals surface area (Å²) in [5, 5.41) is 13.6. The number of amides is 1. The van der Waals surface area contributed by atoms with Crippen molar-refractivity contribution in [2.75, 3.05) is 40.9 Å². The summed E-state index contributed by atoms with van der Waals surface area (Å²) in [7, 11) is 1.16. The first kappa shape index (κ1) is 49.4. The van der Waals surface area contributed by atoms with Crippen LogP contribution >= 0.6 is 7.82 Å². The summed E-state index contributed by atoms with van der Waals surface area (Å²) in [6.07, 6.45) is 47.7. The van der Waals surface area contributed by atoms with Gasteiger partial charge in [0.1, 0.15) is 13.2 Å². The van der Waals surface area contributed by atoms with E-state index in [9.17, 15) is 19.4 Å². The number of aliphatic hydroxyl groups is 1. The fourth-order valence-corrected chi connectivity index (χ4v) is 5.38. The molecule has 0 aliphatic heterocycles. The third kappa shape index (κ3) is 35.8. The van der Waals surface area contributed by atoms with E-state index in [1.54, 1.807) is 12.2 Å². The van der Waals surface area contributed by atoms with Crippen molar-refractivity contribution in [3.8, 4) is 0 Å². The second kappa shape index (κ2) is 34.2. The van der Waals surface area contributed by atoms with Gasteiger partial charge in [-0.15, -0.1) is 0 Å². The molecule has 52 heavy (non-hydrogen) atoms. The van der Waals surface area contributed by atoms with Crippen LogP contribution in [0.3, 0.4) is 0 Å². The normalized spacial score (nSPS) is 15.6. The van der Waals surface area contributed by atoms with Gasteiger partial charge >= 0.3 is 0 Å². The zero-order valence-electron chi connectivity index (χ0n) is 33.2. The molecular formula is C43H73N2O6P. The van der Waals surface area contributed by atoms with E-state index < -0.39 is 26.6 Å². The first-order valence-electron chi connectivity index (χ1n) is 19.6. The maximum atomic E-state index is 12.7. The number of likely N-dealkylation sites (N-methyl/N-ethyl adjacent to an activating group) is 1. The van der Waals surface area contributed by atoms with Crippen LogP contribution < -0.4 is 10.2 Å². The molecule has 0 aliphatic carbocycles. The van der Waals surface area contributed by atoms with Crippen molar-refractivity contribution < 1.29 is 32.9 Å². The van der Waals surface area contributed by atoms with Gasteiger partial charge in [0, 0.05) is 6.42 Å². The molecule has 0 aromatic rings. The van der Waals surface area contributed by atoms with Crippen molar-refractivity contribution in [3.63, 3.8) is 0 Å². The lowest BCUT2D eigenvalue weighted by Gasteiger charge is -2.29. The number of rotatable bonds is 33. The van der Waals surface area contributed by atoms with Crippen molar-refractivity contribution in [1.82, 2.24) is 5.32 Å². The average molecular weight is 745 g/mol. The number of phosphoric ester groups is 1. The van der Waals surface area contributed by atoms with Gasteiger partial charge in [0.2, 0.25) is 5.91 Å². The molecule has 1 amide bonds. The SMILES string of the molecule is CC/C=C\C/C=C\C/C=C\C/C=C\C/C=C\CC(=O)NC(COP(=O)([O-])OCC[N+](C)(C)C)C(O)/C=C/CC/C=C/CC/C=C/CCCCCCC. The first-order chi connectivity index (χ1) is 25.0. The van der Waals surface area contributed by atoms with Gasteiger partial charge in [-0.05, 0) is 70.6 Å². The molecule has 0 aliphatic rings. The minimum absolute atomic E-state index is 0.0310. The van der Waals surface area contributed by atoms with Crippen LogP contribution in [0.25, 0.3) is 0 Å². The summed E-state index contributed by atoms with van der Waals surface area (Å²) in [6, 6.07) is -0.968. The molecule has 0 saturated heterocycles. The van der Waals surface area contributed by atoms with Crippen LogP contribution in [0.1, 0.15) is 117 Å². The molecule has 0 bridgehead atoms. The summed E-state index contributed by atoms with van der Waals surface area (Å²) >= 11 is 0. The highest BCUT2D eigenvalue weighted by atomic mass is 31.2. The third-order valence-electron chi connectivity index (χ3n) is 7.78. The second-order valence-electron chi connectivity index (χ2n) is 13.9. The summed E-state index contributed by atoms with van der Waals surface area (Å²) in [6.45, 7) is 4.36. The maximum Gasteiger partial charge on any atom is 0.268 e. The van der Waals surface area contributed by atoms with Gasteiger partial charge in [-0.3, -0.25) is 9.36 Å². The second-order valence-corrected chi connectivity index (χ2v) is 15.3. The van der Waals surface area contributed by atoms with Gasteiger partial charge < -0.3 is 28.8 Å². The molecule has 0 radical (unpaired) electrons. The molecule has 3 unspecified atom stereocenters. The number of nitrogens with zero attached hydrogens (tertiary/aromatic N) is 1. The van der Waals surface area contributed by atoms with E-state index in [-0.39, 0.29) is 18.9 Å². The fraction of sp³-hybridized carbons (Fsp3) is 0.605. The molecule has 0 fully saturated rings. The van der Waals surface area contributed by atoms with Gasteiger partial charge in [-0.2, -0.15) is 0 Å². The molecule has 0 heterocycles. The van der Waals surface area contributed by atoms with E-state index in [4.69, 9.17) is 9.05 Å². The highest BCUT2D eigenvalue weighted by Crippen LogP contribution is 2.38. The van der Waals surface area contributed by atoms with Crippen LogP contribution in [0.2, 0.25) is 0 Å². The Bertz CT molecular complexity index is 1160. The lowest BCUT2D eigenvalue weighted by Crippen LogP contribution is -2.45. The summed E-state index contributed by atoms with van der Waals surface area (Å²) in [4.78, 5) is 25.1. The van der Waals surface area contributed by atoms with Crippen LogP contribution in [0, 0.1) is 0 Å². The largest absolute Gasteiger partial charge is 0.756 e. The number of aliphatic hydroxyl groups excluding tert-OH is 1. The van der Waals surface area contributed by atoms with Crippen molar-refractivity contribution >= 4 is 13.7 Å². The van der Waals surface area contributed by atoms with Crippen molar-refractivity contribution in [1.29, 1.82) is 0 Å². The molecule has 2 N–H and O–H groups in total. The zero-order valence-corrected chi connectivity index (χ0v) is 34.1. The van der Waals surface area contributed by atoms with E-state index in [0.29, 0.717) is 23.9 Å². The smallest absolute Gasteiger partial charge is 0.268 e. The zero-order chi connectivity index (χ0) is 38.6. The molecular weight excluding hydrogens is 671 g/mol. The number of phosphoric acid groups is 1. The first-order valence-corrected chi connectivity index (χ1v) is 21.1. The lowest BCUT2D eigenvalue weighted by molar-refractivity contribution is -0.870. The topological polar surface area (TPSA) is 108 Å². The minimum Gasteiger partial charge on any atom is -0.756 e. The van der Waals surface area contributed by atoms with E-state index in [2.05, 4.69) is 86.0 Å². The van der Waals surface area contributed by atoms with Gasteiger partial charge in [0.15, 0.2) is 0 Å². The van der Waals surface area contributed by atoms with E-state index in [1.165, 1.54) is 32.1 Å². The van der Waals surface area contributed by atoms with Gasteiger partial charge in [0.05, 0.1) is 39.9 Å². The molecule has 296 valence electrons. The van der Waals surface area contributed by atoms with Crippen LogP contribution in [0.5, 0.6) is 0 Å². The molecule has 0 aromatic heterocycles. The van der Waals surface area contributed by atoms with Crippen LogP contribution in [0.15, 0.2) is 97.2 Å². The van der Waals surface area contributed by atoms with Gasteiger partial charge in [-0.25, -0.2) is 0 Å². The average Bonchev–Trinajstić information content (AvgIpc) is 3.09. The number of carbonyl (C=O) groups is 1. The summed E-state index contributed by atoms with van der Waals surface area (Å²) in [5.41, 5.74) is 0. The lowest BCUT2D eigenvalue weighted by atomic mass is 10.1. The molecule has 0 spiro atoms. The standard InChI is InChI=1S/C43H73N2O6P/c1-6-8-10-12-14-16-18-20-22-24-26-28-30-32-34-36-42(46)41(40-51-52(48,49)50-39-38-45(3,4)5)44-43(47)37-35-33-31-29-27-25-23-21-19-17-15-13-11-9-7-2/h9,11,15,17-18,20-21,23,26-29,33-36,41-42,46H,6-8,10,12-14,16,19,22,24-25,30-32,37-40H2,1-5H3,(H-,44,47,48,49)/b11-9-,17-15-,20-18+,23-21-,28-26+,29-27-,35-33-,36-34+. The third-order valence-corrected chi connectivity index (χ3v) is 8.75. The number of allylic oxidation sites excluding steroid dienone is 14. The predicted molar refractivity (Wildman–Crippen MR) is 219 cm³/mol. The highest BCUT2D eigenvalue weighted by Gasteiger charge is 2.22. The quantitative estimate of drug-likeness (QED) is 0.0300. The Morgan fingerprint density at radius 2 is 1.19 bits per heavy atom. The fourth-order valence-electron chi connectivity index (χ4n) is 4.66. The molecule has 9 heteroatoms. The minimum atomic E-state index is -4.62. The Hall–Kier alpha value is -2.58. The Morgan fingerprint density at radius 3 is 1.73 bits per heavy atom. The van der Waals surface area contributed by atoms with Crippen molar-refractivity contribution in [3.05, 3.63) is 97.2 Å². The Morgan fingerprint density at radius 1 is 0.692 bits per heavy atom. The molecule has 3 atom stereocenters. The number of carbonyl (C=O) groups excluding carboxylic acids is 1. The van der Waals surface area contributed by atoms with Gasteiger partial charge in [-0.1, -0.05) is 137 Å². The number of hydrogen-bond donors (Lipinski definition) is 2. The van der Waals surface area contributed by atoms with E-state index in [1.807, 2.05) is 39.4 Å². The number of nitrogens with one attached hydrogen (secondary N) is 1. The summed E-state index contributed by atoms with van der Waals surface area (Å²) < 4.78 is 23.0. The predicted octanol–water partition coefficient (Wildman–Crippen LogP) is 9.77. The van der Waals surface area contributed by atoms with Crippen LogP contribution in [-0.2, 0) is 18.4 Å². The Kier molecular flexibility index (Phi) is 32.5. The Labute approximate surface area is 318 Å². The number of quaternary nitrogens is 1. The molecule has 8 nitrogen and oxygen atoms in total. The van der Waals surface area contributed by atoms with Crippen LogP contribution in [0.4, 0.5) is 0 Å². The Balaban J connectivity index is 4.79. The molecule has 0 rings (SSSR count). The monoisotopic (exact) mass is 745 g/mol. The number of unbranched alkanes of at least 4 members (excludes halogenated alkanes) is 7. The molecule has 0 aromatic carbocycles. The summed E-state index contributed by atoms with van der Waals surface area (Å²) in [5.74, 6) is -0.345. The van der Waals surface area contributed by atoms with E-state index >= 15 is 0 Å². The van der Waals surface area contributed by atoms with Crippen molar-refractivity contribution in [2.24, 2.45) is 0 Å². The van der Waals surface area contributed by atoms with Gasteiger partial charge in [0.25, 0.3) is 7.82 Å². The maximum absolute atomic E-state index is 12.7. The molecule has 0 saturated carbocycles. The highest BCUT2D eigenvalue weighted by molar-refractivity contribution is 7.45. The van der Waals surface area contributed by atoms with Crippen molar-refractivity contribution in [2.45, 2.75) is 129 Å².